The molecule has 2 aromatic carbocycles. The van der Waals surface area contributed by atoms with Crippen LogP contribution in [0.3, 0.4) is 0 Å². The Hall–Kier alpha value is -3.74. The molecule has 4 aromatic rings. The fourth-order valence-corrected chi connectivity index (χ4v) is 2.96. The number of carbonyl (C=O) groups is 1. The van der Waals surface area contributed by atoms with Gasteiger partial charge in [0.1, 0.15) is 11.5 Å². The third-order valence-electron chi connectivity index (χ3n) is 4.44. The maximum Gasteiger partial charge on any atom is 0.272 e. The number of fused-ring (bicyclic) bond motifs is 1. The van der Waals surface area contributed by atoms with Gasteiger partial charge in [-0.05, 0) is 30.7 Å². The van der Waals surface area contributed by atoms with Crippen LogP contribution in [-0.2, 0) is 6.54 Å². The molecule has 0 aliphatic carbocycles. The number of benzene rings is 2. The van der Waals surface area contributed by atoms with Gasteiger partial charge in [-0.15, -0.1) is 0 Å². The molecule has 0 spiro atoms. The normalized spacial score (nSPS) is 12.0. The van der Waals surface area contributed by atoms with Crippen molar-refractivity contribution < 1.29 is 4.79 Å². The quantitative estimate of drug-likeness (QED) is 0.562. The van der Waals surface area contributed by atoms with Crippen molar-refractivity contribution in [1.29, 1.82) is 0 Å². The van der Waals surface area contributed by atoms with Gasteiger partial charge in [0, 0.05) is 6.07 Å². The van der Waals surface area contributed by atoms with Gasteiger partial charge in [-0.1, -0.05) is 42.5 Å². The van der Waals surface area contributed by atoms with Gasteiger partial charge in [-0.25, -0.2) is 9.67 Å². The van der Waals surface area contributed by atoms with Crippen LogP contribution in [0.5, 0.6) is 0 Å². The van der Waals surface area contributed by atoms with Crippen LogP contribution < -0.4 is 10.9 Å². The number of nitrogens with one attached hydrogen (secondary N) is 2. The van der Waals surface area contributed by atoms with Crippen LogP contribution in [0.4, 0.5) is 0 Å². The molecule has 0 saturated carbocycles. The van der Waals surface area contributed by atoms with Crippen molar-refractivity contribution in [1.82, 2.24) is 25.1 Å². The minimum Gasteiger partial charge on any atom is -0.341 e. The standard InChI is InChI=1S/C21H19N5O2/c1-14(20-23-16-9-5-6-10-17(16)24-20)22-21(28)18-11-12-19(27)26(25-18)13-15-7-3-2-4-8-15/h2-12,14H,13H2,1H3,(H,22,28)(H,23,24). The van der Waals surface area contributed by atoms with E-state index in [0.29, 0.717) is 12.4 Å². The van der Waals surface area contributed by atoms with Gasteiger partial charge in [-0.3, -0.25) is 9.59 Å². The van der Waals surface area contributed by atoms with Gasteiger partial charge >= 0.3 is 0 Å². The average molecular weight is 373 g/mol. The molecule has 7 heteroatoms. The van der Waals surface area contributed by atoms with Crippen LogP contribution in [0.2, 0.25) is 0 Å². The predicted octanol–water partition coefficient (Wildman–Crippen LogP) is 2.66. The van der Waals surface area contributed by atoms with Crippen LogP contribution in [0.15, 0.2) is 71.5 Å². The number of nitrogens with zero attached hydrogens (tertiary/aromatic N) is 3. The number of imidazole rings is 1. The van der Waals surface area contributed by atoms with Crippen LogP contribution in [0.1, 0.15) is 34.8 Å². The summed E-state index contributed by atoms with van der Waals surface area (Å²) in [7, 11) is 0. The average Bonchev–Trinajstić information content (AvgIpc) is 3.15. The molecule has 2 N–H and O–H groups in total. The Morgan fingerprint density at radius 3 is 2.61 bits per heavy atom. The molecule has 0 fully saturated rings. The zero-order valence-electron chi connectivity index (χ0n) is 15.3. The molecule has 0 saturated heterocycles. The largest absolute Gasteiger partial charge is 0.341 e. The smallest absolute Gasteiger partial charge is 0.272 e. The molecule has 1 atom stereocenters. The number of hydrogen-bond donors (Lipinski definition) is 2. The Bertz CT molecular complexity index is 1150. The van der Waals surface area contributed by atoms with Crippen molar-refractivity contribution in [3.8, 4) is 0 Å². The Morgan fingerprint density at radius 1 is 1.07 bits per heavy atom. The van der Waals surface area contributed by atoms with Crippen LogP contribution in [0, 0.1) is 0 Å². The number of carbonyl (C=O) groups excluding carboxylic acids is 1. The molecule has 140 valence electrons. The number of aromatic nitrogens is 4. The molecule has 28 heavy (non-hydrogen) atoms. The molecule has 7 nitrogen and oxygen atoms in total. The second kappa shape index (κ2) is 7.48. The molecule has 0 radical (unpaired) electrons. The zero-order valence-corrected chi connectivity index (χ0v) is 15.3. The van der Waals surface area contributed by atoms with E-state index in [2.05, 4.69) is 20.4 Å². The molecule has 4 rings (SSSR count). The van der Waals surface area contributed by atoms with E-state index in [0.717, 1.165) is 16.6 Å². The highest BCUT2D eigenvalue weighted by Crippen LogP contribution is 2.15. The Morgan fingerprint density at radius 2 is 1.82 bits per heavy atom. The van der Waals surface area contributed by atoms with E-state index in [1.165, 1.54) is 16.8 Å². The number of hydrogen-bond acceptors (Lipinski definition) is 4. The second-order valence-electron chi connectivity index (χ2n) is 6.53. The molecule has 0 aliphatic rings. The lowest BCUT2D eigenvalue weighted by molar-refractivity contribution is 0.0931. The summed E-state index contributed by atoms with van der Waals surface area (Å²) in [4.78, 5) is 32.4. The van der Waals surface area contributed by atoms with Crippen molar-refractivity contribution >= 4 is 16.9 Å². The highest BCUT2D eigenvalue weighted by Gasteiger charge is 2.16. The van der Waals surface area contributed by atoms with Gasteiger partial charge in [0.25, 0.3) is 11.5 Å². The van der Waals surface area contributed by atoms with E-state index >= 15 is 0 Å². The van der Waals surface area contributed by atoms with Gasteiger partial charge in [0.2, 0.25) is 0 Å². The topological polar surface area (TPSA) is 92.7 Å². The Kier molecular flexibility index (Phi) is 4.72. The maximum atomic E-state index is 12.6. The van der Waals surface area contributed by atoms with Crippen molar-refractivity contribution in [3.63, 3.8) is 0 Å². The first kappa shape index (κ1) is 17.7. The number of aromatic amines is 1. The minimum atomic E-state index is -0.366. The summed E-state index contributed by atoms with van der Waals surface area (Å²) in [6, 6.07) is 19.6. The molecule has 0 bridgehead atoms. The minimum absolute atomic E-state index is 0.179. The van der Waals surface area contributed by atoms with E-state index in [1.54, 1.807) is 0 Å². The van der Waals surface area contributed by atoms with Gasteiger partial charge < -0.3 is 10.3 Å². The number of amides is 1. The summed E-state index contributed by atoms with van der Waals surface area (Å²) in [5.74, 6) is 0.293. The summed E-state index contributed by atoms with van der Waals surface area (Å²) in [6.45, 7) is 2.15. The number of H-pyrrole nitrogens is 1. The zero-order chi connectivity index (χ0) is 19.5. The van der Waals surface area contributed by atoms with Crippen molar-refractivity contribution in [3.05, 3.63) is 94.2 Å². The second-order valence-corrected chi connectivity index (χ2v) is 6.53. The lowest BCUT2D eigenvalue weighted by Crippen LogP contribution is -2.31. The summed E-state index contributed by atoms with van der Waals surface area (Å²) in [5.41, 5.74) is 2.61. The van der Waals surface area contributed by atoms with E-state index in [4.69, 9.17) is 0 Å². The highest BCUT2D eigenvalue weighted by atomic mass is 16.2. The number of para-hydroxylation sites is 2. The molecular formula is C21H19N5O2. The van der Waals surface area contributed by atoms with Crippen molar-refractivity contribution in [2.75, 3.05) is 0 Å². The summed E-state index contributed by atoms with van der Waals surface area (Å²) >= 11 is 0. The van der Waals surface area contributed by atoms with Crippen LogP contribution >= 0.6 is 0 Å². The first-order chi connectivity index (χ1) is 13.6. The lowest BCUT2D eigenvalue weighted by atomic mass is 10.2. The summed E-state index contributed by atoms with van der Waals surface area (Å²) < 4.78 is 1.29. The Labute approximate surface area is 161 Å². The first-order valence-electron chi connectivity index (χ1n) is 8.98. The van der Waals surface area contributed by atoms with E-state index < -0.39 is 0 Å². The molecule has 1 amide bonds. The van der Waals surface area contributed by atoms with Crippen LogP contribution in [0.25, 0.3) is 11.0 Å². The Balaban J connectivity index is 1.52. The van der Waals surface area contributed by atoms with E-state index in [1.807, 2.05) is 61.5 Å². The monoisotopic (exact) mass is 373 g/mol. The first-order valence-corrected chi connectivity index (χ1v) is 8.98. The lowest BCUT2D eigenvalue weighted by Gasteiger charge is -2.12. The highest BCUT2D eigenvalue weighted by molar-refractivity contribution is 5.92. The van der Waals surface area contributed by atoms with Gasteiger partial charge in [0.05, 0.1) is 23.6 Å². The molecule has 2 aromatic heterocycles. The maximum absolute atomic E-state index is 12.6. The fraction of sp³-hybridized carbons (Fsp3) is 0.143. The number of rotatable bonds is 5. The predicted molar refractivity (Wildman–Crippen MR) is 106 cm³/mol. The molecule has 0 aliphatic heterocycles. The van der Waals surface area contributed by atoms with Gasteiger partial charge in [-0.2, -0.15) is 5.10 Å². The van der Waals surface area contributed by atoms with Crippen molar-refractivity contribution in [2.45, 2.75) is 19.5 Å². The molecular weight excluding hydrogens is 354 g/mol. The third-order valence-corrected chi connectivity index (χ3v) is 4.44. The van der Waals surface area contributed by atoms with E-state index in [9.17, 15) is 9.59 Å². The van der Waals surface area contributed by atoms with Crippen molar-refractivity contribution in [2.24, 2.45) is 0 Å². The fourth-order valence-electron chi connectivity index (χ4n) is 2.96. The van der Waals surface area contributed by atoms with Crippen LogP contribution in [-0.4, -0.2) is 25.7 Å². The third kappa shape index (κ3) is 3.68. The summed E-state index contributed by atoms with van der Waals surface area (Å²) in [5, 5.41) is 7.09. The van der Waals surface area contributed by atoms with E-state index in [-0.39, 0.29) is 23.2 Å². The van der Waals surface area contributed by atoms with Gasteiger partial charge in [0.15, 0.2) is 0 Å². The molecule has 1 unspecified atom stereocenters. The molecule has 2 heterocycles. The summed E-state index contributed by atoms with van der Waals surface area (Å²) in [6.07, 6.45) is 0. The SMILES string of the molecule is CC(NC(=O)c1ccc(=O)n(Cc2ccccc2)n1)c1nc2ccccc2[nH]1.